The van der Waals surface area contributed by atoms with Crippen LogP contribution in [0.3, 0.4) is 0 Å². The summed E-state index contributed by atoms with van der Waals surface area (Å²) in [6, 6.07) is -0.846. The molecule has 0 heterocycles. The number of amides is 1. The number of phosphoric acid groups is 1. The number of carbonyl (C=O) groups is 2. The number of hydrogen-bond donors (Lipinski definition) is 2. The van der Waals surface area contributed by atoms with Crippen molar-refractivity contribution in [1.29, 1.82) is 0 Å². The molecule has 0 bridgehead atoms. The molecule has 0 fully saturated rings. The van der Waals surface area contributed by atoms with Crippen LogP contribution in [0.4, 0.5) is 0 Å². The number of nitrogens with one attached hydrogen (secondary N) is 1. The quantitative estimate of drug-likeness (QED) is 0.0205. The average Bonchev–Trinajstić information content (AvgIpc) is 3.67. The summed E-state index contributed by atoms with van der Waals surface area (Å²) in [4.78, 5) is 38.0. The summed E-state index contributed by atoms with van der Waals surface area (Å²) in [5.41, 5.74) is 0. The highest BCUT2D eigenvalue weighted by Crippen LogP contribution is 2.43. The number of allylic oxidation sites excluding steroid dienone is 5. The Morgan fingerprint density at radius 1 is 0.382 bits per heavy atom. The van der Waals surface area contributed by atoms with E-state index < -0.39 is 20.0 Å². The van der Waals surface area contributed by atoms with Crippen molar-refractivity contribution >= 4 is 19.7 Å². The van der Waals surface area contributed by atoms with Crippen LogP contribution in [0.2, 0.25) is 0 Å². The van der Waals surface area contributed by atoms with Crippen molar-refractivity contribution < 1.29 is 37.3 Å². The number of nitrogens with zero attached hydrogens (tertiary/aromatic N) is 1. The number of carbonyl (C=O) groups excluding carboxylic acids is 2. The van der Waals surface area contributed by atoms with Gasteiger partial charge in [-0.05, 0) is 83.1 Å². The maximum atomic E-state index is 13.7. The normalized spacial score (nSPS) is 13.6. The summed E-state index contributed by atoms with van der Waals surface area (Å²) in [7, 11) is 1.52. The van der Waals surface area contributed by atoms with Gasteiger partial charge >= 0.3 is 13.8 Å². The second-order valence-electron chi connectivity index (χ2n) is 28.2. The van der Waals surface area contributed by atoms with Crippen molar-refractivity contribution in [2.24, 2.45) is 0 Å². The first-order valence-corrected chi connectivity index (χ1v) is 40.8. The molecule has 2 N–H and O–H groups in total. The van der Waals surface area contributed by atoms with E-state index in [1.54, 1.807) is 0 Å². The lowest BCUT2D eigenvalue weighted by atomic mass is 10.0. The van der Waals surface area contributed by atoms with E-state index in [-0.39, 0.29) is 25.1 Å². The zero-order valence-corrected chi connectivity index (χ0v) is 61.4. The van der Waals surface area contributed by atoms with Crippen LogP contribution in [-0.4, -0.2) is 74.3 Å². The fraction of sp³-hybridized carbons (Fsp3) is 0.899. The molecule has 1 amide bonds. The lowest BCUT2D eigenvalue weighted by Gasteiger charge is -2.27. The number of likely N-dealkylation sites (N-methyl/N-ethyl adjacent to an activating group) is 1. The van der Waals surface area contributed by atoms with Crippen LogP contribution < -0.4 is 5.32 Å². The molecule has 9 nitrogen and oxygen atoms in total. The fourth-order valence-corrected chi connectivity index (χ4v) is 12.7. The maximum absolute atomic E-state index is 13.7. The van der Waals surface area contributed by atoms with E-state index in [0.29, 0.717) is 23.9 Å². The molecular formula is C79H154N2O7P+. The largest absolute Gasteiger partial charge is 0.472 e. The van der Waals surface area contributed by atoms with Crippen LogP contribution in [-0.2, 0) is 27.9 Å². The van der Waals surface area contributed by atoms with Gasteiger partial charge in [-0.1, -0.05) is 347 Å². The molecule has 10 heteroatoms. The Kier molecular flexibility index (Phi) is 67.7. The fourth-order valence-electron chi connectivity index (χ4n) is 12.0. The molecule has 0 spiro atoms. The van der Waals surface area contributed by atoms with Gasteiger partial charge in [0.1, 0.15) is 19.3 Å². The van der Waals surface area contributed by atoms with E-state index in [1.165, 1.54) is 315 Å². The Bertz CT molecular complexity index is 1610. The Labute approximate surface area is 555 Å². The number of quaternary nitrogens is 1. The Morgan fingerprint density at radius 2 is 0.652 bits per heavy atom. The number of unbranched alkanes of at least 4 members (excludes halogenated alkanes) is 53. The van der Waals surface area contributed by atoms with Crippen LogP contribution in [0, 0.1) is 0 Å². The summed E-state index contributed by atoms with van der Waals surface area (Å²) in [6.45, 7) is 7.08. The van der Waals surface area contributed by atoms with Crippen molar-refractivity contribution in [1.82, 2.24) is 5.32 Å². The predicted octanol–water partition coefficient (Wildman–Crippen LogP) is 25.4. The summed E-state index contributed by atoms with van der Waals surface area (Å²) < 4.78 is 30.9. The Hall–Kier alpha value is -1.77. The second kappa shape index (κ2) is 69.1. The minimum atomic E-state index is -4.46. The van der Waals surface area contributed by atoms with Crippen LogP contribution in [0.5, 0.6) is 0 Å². The third kappa shape index (κ3) is 70.4. The molecule has 0 aromatic heterocycles. The van der Waals surface area contributed by atoms with E-state index in [2.05, 4.69) is 56.5 Å². The topological polar surface area (TPSA) is 111 Å². The van der Waals surface area contributed by atoms with E-state index >= 15 is 0 Å². The average molecular weight is 1280 g/mol. The molecule has 3 unspecified atom stereocenters. The van der Waals surface area contributed by atoms with Gasteiger partial charge in [-0.25, -0.2) is 4.57 Å². The van der Waals surface area contributed by atoms with Gasteiger partial charge in [0.05, 0.1) is 33.8 Å². The molecule has 0 aromatic rings. The maximum Gasteiger partial charge on any atom is 0.472 e. The predicted molar refractivity (Wildman–Crippen MR) is 388 cm³/mol. The van der Waals surface area contributed by atoms with Crippen molar-refractivity contribution in [2.75, 3.05) is 40.9 Å². The van der Waals surface area contributed by atoms with Gasteiger partial charge < -0.3 is 19.4 Å². The van der Waals surface area contributed by atoms with E-state index in [1.807, 2.05) is 27.2 Å². The lowest BCUT2D eigenvalue weighted by Crippen LogP contribution is -2.47. The molecule has 0 saturated carbocycles. The Morgan fingerprint density at radius 3 is 0.955 bits per heavy atom. The zero-order valence-electron chi connectivity index (χ0n) is 60.5. The van der Waals surface area contributed by atoms with Crippen molar-refractivity contribution in [3.05, 3.63) is 36.5 Å². The van der Waals surface area contributed by atoms with Crippen LogP contribution in [0.25, 0.3) is 0 Å². The first-order valence-electron chi connectivity index (χ1n) is 39.3. The molecule has 0 aliphatic carbocycles. The van der Waals surface area contributed by atoms with Gasteiger partial charge in [0.15, 0.2) is 0 Å². The molecule has 0 rings (SSSR count). The summed E-state index contributed by atoms with van der Waals surface area (Å²) in [5, 5.41) is 3.09. The van der Waals surface area contributed by atoms with Gasteiger partial charge in [0, 0.05) is 12.8 Å². The first-order chi connectivity index (χ1) is 43.4. The monoisotopic (exact) mass is 1270 g/mol. The summed E-state index contributed by atoms with van der Waals surface area (Å²) >= 11 is 0. The molecule has 526 valence electrons. The number of hydrogen-bond acceptors (Lipinski definition) is 6. The highest BCUT2D eigenvalue weighted by molar-refractivity contribution is 7.47. The van der Waals surface area contributed by atoms with Gasteiger partial charge in [-0.15, -0.1) is 0 Å². The van der Waals surface area contributed by atoms with Gasteiger partial charge in [0.2, 0.25) is 5.91 Å². The summed E-state index contributed by atoms with van der Waals surface area (Å²) in [5.74, 6) is -0.480. The number of ether oxygens (including phenoxy) is 1. The molecule has 3 atom stereocenters. The zero-order chi connectivity index (χ0) is 64.9. The third-order valence-electron chi connectivity index (χ3n) is 18.1. The van der Waals surface area contributed by atoms with E-state index in [9.17, 15) is 19.0 Å². The molecule has 0 aliphatic rings. The van der Waals surface area contributed by atoms with Crippen molar-refractivity contribution in [2.45, 2.75) is 418 Å². The van der Waals surface area contributed by atoms with Gasteiger partial charge in [-0.2, -0.15) is 0 Å². The molecule has 0 aromatic carbocycles. The van der Waals surface area contributed by atoms with Crippen LogP contribution in [0.15, 0.2) is 36.5 Å². The minimum absolute atomic E-state index is 0.0437. The molecule has 89 heavy (non-hydrogen) atoms. The van der Waals surface area contributed by atoms with Crippen LogP contribution >= 0.6 is 7.82 Å². The SMILES string of the molecule is CCCCCCCC/C=C/CCCCCCCCCCCCCCCCCC(=O)NC(COP(=O)(O)OCC[N+](C)(C)C)C(/C=C/CCCCCCCCCCCCC)OC(=O)CCCCCCCCCCCCCCCCC/C=C/CCCCCCCC. The van der Waals surface area contributed by atoms with Gasteiger partial charge in [-0.3, -0.25) is 18.6 Å². The smallest absolute Gasteiger partial charge is 0.456 e. The Balaban J connectivity index is 4.96. The molecular weight excluding hydrogens is 1120 g/mol. The number of phosphoric ester groups is 1. The van der Waals surface area contributed by atoms with Crippen LogP contribution in [0.1, 0.15) is 406 Å². The standard InChI is InChI=1S/C79H153N2O7P/c1-7-10-13-16-19-22-25-28-30-32-34-36-38-40-42-44-46-48-50-53-56-59-62-65-68-71-78(82)80-76(75-87-89(84,85)86-74-73-81(4,5)6)77(70-67-64-61-58-55-52-27-24-21-18-15-12-9-3)88-79(83)72-69-66-63-60-57-54-51-49-47-45-43-41-39-37-35-33-31-29-26-23-20-17-14-11-8-2/h28-31,67,70,76-77H,7-27,32-66,68-69,71-75H2,1-6H3,(H-,80,82,84,85)/p+1/b30-28+,31-29+,70-67+. The number of esters is 1. The van der Waals surface area contributed by atoms with E-state index in [0.717, 1.165) is 57.8 Å². The number of rotatable bonds is 73. The van der Waals surface area contributed by atoms with Gasteiger partial charge in [0.25, 0.3) is 0 Å². The van der Waals surface area contributed by atoms with E-state index in [4.69, 9.17) is 13.8 Å². The second-order valence-corrected chi connectivity index (χ2v) is 29.7. The highest BCUT2D eigenvalue weighted by atomic mass is 31.2. The third-order valence-corrected chi connectivity index (χ3v) is 19.0. The first kappa shape index (κ1) is 87.2. The minimum Gasteiger partial charge on any atom is -0.456 e. The summed E-state index contributed by atoms with van der Waals surface area (Å²) in [6.07, 6.45) is 87.5. The highest BCUT2D eigenvalue weighted by Gasteiger charge is 2.30. The molecule has 0 radical (unpaired) electrons. The van der Waals surface area contributed by atoms with Crippen molar-refractivity contribution in [3.63, 3.8) is 0 Å². The lowest BCUT2D eigenvalue weighted by molar-refractivity contribution is -0.870. The van der Waals surface area contributed by atoms with Crippen molar-refractivity contribution in [3.8, 4) is 0 Å². The molecule has 0 saturated heterocycles. The molecule has 0 aliphatic heterocycles.